The van der Waals surface area contributed by atoms with Crippen LogP contribution in [-0.2, 0) is 10.0 Å². The molecular formula is C9H17ClN2O2S2. The lowest BCUT2D eigenvalue weighted by Crippen LogP contribution is -2.32. The highest BCUT2D eigenvalue weighted by atomic mass is 35.5. The van der Waals surface area contributed by atoms with E-state index in [-0.39, 0.29) is 12.4 Å². The lowest BCUT2D eigenvalue weighted by Gasteiger charge is -2.16. The number of aryl methyl sites for hydroxylation is 1. The van der Waals surface area contributed by atoms with Gasteiger partial charge in [0.25, 0.3) is 10.0 Å². The summed E-state index contributed by atoms with van der Waals surface area (Å²) in [5.74, 6) is 0. The number of nitrogens with one attached hydrogen (secondary N) is 1. The molecular weight excluding hydrogens is 268 g/mol. The van der Waals surface area contributed by atoms with Crippen molar-refractivity contribution >= 4 is 33.8 Å². The molecule has 0 unspecified atom stereocenters. The zero-order chi connectivity index (χ0) is 11.5. The molecule has 1 rings (SSSR count). The summed E-state index contributed by atoms with van der Waals surface area (Å²) >= 11 is 1.27. The molecule has 0 amide bonds. The smallest absolute Gasteiger partial charge is 0.252 e. The molecule has 0 radical (unpaired) electrons. The van der Waals surface area contributed by atoms with Gasteiger partial charge in [0, 0.05) is 20.1 Å². The molecule has 0 spiro atoms. The monoisotopic (exact) mass is 284 g/mol. The van der Waals surface area contributed by atoms with Crippen LogP contribution in [0, 0.1) is 6.92 Å². The van der Waals surface area contributed by atoms with E-state index in [0.717, 1.165) is 5.56 Å². The molecule has 94 valence electrons. The van der Waals surface area contributed by atoms with Crippen molar-refractivity contribution in [2.24, 2.45) is 0 Å². The minimum Gasteiger partial charge on any atom is -0.318 e. The zero-order valence-electron chi connectivity index (χ0n) is 9.56. The summed E-state index contributed by atoms with van der Waals surface area (Å²) < 4.78 is 25.9. The maximum absolute atomic E-state index is 12.0. The van der Waals surface area contributed by atoms with Gasteiger partial charge in [-0.2, -0.15) is 4.31 Å². The highest BCUT2D eigenvalue weighted by Crippen LogP contribution is 2.24. The average Bonchev–Trinajstić information content (AvgIpc) is 2.61. The van der Waals surface area contributed by atoms with Gasteiger partial charge in [0.1, 0.15) is 4.21 Å². The number of halogens is 1. The van der Waals surface area contributed by atoms with Gasteiger partial charge in [0.05, 0.1) is 0 Å². The standard InChI is InChI=1S/C9H16N2O2S2.ClH/c1-8-4-7-14-9(8)15(12,13)11(3)6-5-10-2;/h4,7,10H,5-6H2,1-3H3;1H. The van der Waals surface area contributed by atoms with Gasteiger partial charge >= 0.3 is 0 Å². The van der Waals surface area contributed by atoms with E-state index in [1.54, 1.807) is 19.5 Å². The van der Waals surface area contributed by atoms with Gasteiger partial charge in [-0.1, -0.05) is 0 Å². The second-order valence-electron chi connectivity index (χ2n) is 3.32. The van der Waals surface area contributed by atoms with Crippen molar-refractivity contribution in [3.05, 3.63) is 17.0 Å². The number of hydrogen-bond donors (Lipinski definition) is 1. The van der Waals surface area contributed by atoms with E-state index in [4.69, 9.17) is 0 Å². The molecule has 1 aromatic rings. The van der Waals surface area contributed by atoms with E-state index in [1.807, 2.05) is 13.0 Å². The third-order valence-electron chi connectivity index (χ3n) is 2.14. The number of sulfonamides is 1. The molecule has 1 N–H and O–H groups in total. The summed E-state index contributed by atoms with van der Waals surface area (Å²) in [5.41, 5.74) is 0.816. The predicted molar refractivity (Wildman–Crippen MR) is 70.0 cm³/mol. The number of nitrogens with zero attached hydrogens (tertiary/aromatic N) is 1. The molecule has 0 aliphatic heterocycles. The van der Waals surface area contributed by atoms with Crippen molar-refractivity contribution in [3.8, 4) is 0 Å². The van der Waals surface area contributed by atoms with Gasteiger partial charge in [0.2, 0.25) is 0 Å². The molecule has 0 aliphatic rings. The number of rotatable bonds is 5. The fourth-order valence-corrected chi connectivity index (χ4v) is 3.93. The van der Waals surface area contributed by atoms with Crippen LogP contribution >= 0.6 is 23.7 Å². The van der Waals surface area contributed by atoms with Gasteiger partial charge in [-0.25, -0.2) is 8.42 Å². The fraction of sp³-hybridized carbons (Fsp3) is 0.556. The minimum atomic E-state index is -3.29. The molecule has 1 aromatic heterocycles. The van der Waals surface area contributed by atoms with Crippen molar-refractivity contribution in [2.75, 3.05) is 27.2 Å². The van der Waals surface area contributed by atoms with Crippen molar-refractivity contribution in [3.63, 3.8) is 0 Å². The second kappa shape index (κ2) is 6.56. The summed E-state index contributed by atoms with van der Waals surface area (Å²) in [4.78, 5) is 0. The normalized spacial score (nSPS) is 11.5. The van der Waals surface area contributed by atoms with Crippen molar-refractivity contribution in [2.45, 2.75) is 11.1 Å². The Morgan fingerprint density at radius 3 is 2.56 bits per heavy atom. The van der Waals surface area contributed by atoms with Crippen LogP contribution in [0.5, 0.6) is 0 Å². The number of thiophene rings is 1. The zero-order valence-corrected chi connectivity index (χ0v) is 12.0. The Kier molecular flexibility index (Phi) is 6.50. The topological polar surface area (TPSA) is 49.4 Å². The Labute approximate surface area is 107 Å². The van der Waals surface area contributed by atoms with Crippen LogP contribution < -0.4 is 5.32 Å². The van der Waals surface area contributed by atoms with Crippen LogP contribution in [0.1, 0.15) is 5.56 Å². The van der Waals surface area contributed by atoms with Gasteiger partial charge < -0.3 is 5.32 Å². The van der Waals surface area contributed by atoms with Crippen molar-refractivity contribution < 1.29 is 8.42 Å². The van der Waals surface area contributed by atoms with Crippen LogP contribution in [0.15, 0.2) is 15.7 Å². The molecule has 0 atom stereocenters. The third kappa shape index (κ3) is 3.43. The molecule has 0 bridgehead atoms. The van der Waals surface area contributed by atoms with Crippen LogP contribution in [-0.4, -0.2) is 39.9 Å². The Hall–Kier alpha value is -0.140. The van der Waals surface area contributed by atoms with E-state index in [9.17, 15) is 8.42 Å². The SMILES string of the molecule is CNCCN(C)S(=O)(=O)c1sccc1C.Cl. The molecule has 4 nitrogen and oxygen atoms in total. The van der Waals surface area contributed by atoms with Crippen LogP contribution in [0.25, 0.3) is 0 Å². The first-order chi connectivity index (χ1) is 7.00. The molecule has 0 saturated heterocycles. The van der Waals surface area contributed by atoms with Crippen molar-refractivity contribution in [1.82, 2.24) is 9.62 Å². The van der Waals surface area contributed by atoms with E-state index in [1.165, 1.54) is 15.6 Å². The Balaban J connectivity index is 0.00000225. The van der Waals surface area contributed by atoms with E-state index < -0.39 is 10.0 Å². The molecule has 0 aromatic carbocycles. The van der Waals surface area contributed by atoms with Gasteiger partial charge in [-0.15, -0.1) is 23.7 Å². The summed E-state index contributed by atoms with van der Waals surface area (Å²) in [6, 6.07) is 1.82. The molecule has 0 aliphatic carbocycles. The lowest BCUT2D eigenvalue weighted by molar-refractivity contribution is 0.467. The Bertz CT molecular complexity index is 417. The first kappa shape index (κ1) is 15.9. The summed E-state index contributed by atoms with van der Waals surface area (Å²) in [6.45, 7) is 2.95. The summed E-state index contributed by atoms with van der Waals surface area (Å²) in [5, 5.41) is 4.73. The Morgan fingerprint density at radius 1 is 1.50 bits per heavy atom. The van der Waals surface area contributed by atoms with Crippen LogP contribution in [0.2, 0.25) is 0 Å². The van der Waals surface area contributed by atoms with E-state index >= 15 is 0 Å². The van der Waals surface area contributed by atoms with Gasteiger partial charge in [-0.3, -0.25) is 0 Å². The summed E-state index contributed by atoms with van der Waals surface area (Å²) in [6.07, 6.45) is 0. The molecule has 7 heteroatoms. The first-order valence-electron chi connectivity index (χ1n) is 4.65. The first-order valence-corrected chi connectivity index (χ1v) is 6.97. The maximum atomic E-state index is 12.0. The van der Waals surface area contributed by atoms with Gasteiger partial charge in [-0.05, 0) is 31.0 Å². The predicted octanol–water partition coefficient (Wildman–Crippen LogP) is 1.32. The molecule has 0 saturated carbocycles. The third-order valence-corrected chi connectivity index (χ3v) is 5.66. The molecule has 1 heterocycles. The minimum absolute atomic E-state index is 0. The second-order valence-corrected chi connectivity index (χ2v) is 6.48. The maximum Gasteiger partial charge on any atom is 0.252 e. The van der Waals surface area contributed by atoms with E-state index in [0.29, 0.717) is 17.3 Å². The molecule has 16 heavy (non-hydrogen) atoms. The number of likely N-dealkylation sites (N-methyl/N-ethyl adjacent to an activating group) is 2. The summed E-state index contributed by atoms with van der Waals surface area (Å²) in [7, 11) is 0.119. The molecule has 0 fully saturated rings. The largest absolute Gasteiger partial charge is 0.318 e. The van der Waals surface area contributed by atoms with Crippen LogP contribution in [0.4, 0.5) is 0 Å². The van der Waals surface area contributed by atoms with Gasteiger partial charge in [0.15, 0.2) is 0 Å². The number of hydrogen-bond acceptors (Lipinski definition) is 4. The average molecular weight is 285 g/mol. The lowest BCUT2D eigenvalue weighted by atomic mass is 10.4. The Morgan fingerprint density at radius 2 is 2.12 bits per heavy atom. The van der Waals surface area contributed by atoms with Crippen molar-refractivity contribution in [1.29, 1.82) is 0 Å². The highest BCUT2D eigenvalue weighted by molar-refractivity contribution is 7.91. The highest BCUT2D eigenvalue weighted by Gasteiger charge is 2.23. The fourth-order valence-electron chi connectivity index (χ4n) is 1.15. The van der Waals surface area contributed by atoms with E-state index in [2.05, 4.69) is 5.32 Å². The quantitative estimate of drug-likeness (QED) is 0.887. The van der Waals surface area contributed by atoms with Crippen LogP contribution in [0.3, 0.4) is 0 Å².